The van der Waals surface area contributed by atoms with Gasteiger partial charge in [-0.05, 0) is 34.5 Å². The van der Waals surface area contributed by atoms with Gasteiger partial charge in [0.1, 0.15) is 13.2 Å². The van der Waals surface area contributed by atoms with E-state index >= 15 is 0 Å². The van der Waals surface area contributed by atoms with Crippen LogP contribution in [0.2, 0.25) is 0 Å². The topological polar surface area (TPSA) is 38.8 Å². The Kier molecular flexibility index (Phi) is 4.69. The van der Waals surface area contributed by atoms with Crippen LogP contribution in [0.15, 0.2) is 16.6 Å². The molecule has 5 heteroatoms. The number of rotatable bonds is 4. The maximum atomic E-state index is 12.3. The molecular formula is C14H18BrNO3. The van der Waals surface area contributed by atoms with E-state index < -0.39 is 0 Å². The van der Waals surface area contributed by atoms with E-state index in [1.165, 1.54) is 0 Å². The van der Waals surface area contributed by atoms with Gasteiger partial charge in [0.25, 0.3) is 5.91 Å². The number of hydrogen-bond acceptors (Lipinski definition) is 3. The lowest BCUT2D eigenvalue weighted by Crippen LogP contribution is -2.28. The van der Waals surface area contributed by atoms with Crippen molar-refractivity contribution in [2.45, 2.75) is 19.8 Å². The molecule has 1 aromatic carbocycles. The summed E-state index contributed by atoms with van der Waals surface area (Å²) in [6.45, 7) is 3.93. The average Bonchev–Trinajstić information content (AvgIpc) is 2.43. The summed E-state index contributed by atoms with van der Waals surface area (Å²) in [5.74, 6) is 1.32. The number of nitrogens with zero attached hydrogens (tertiary/aromatic N) is 1. The molecule has 0 radical (unpaired) electrons. The molecule has 0 unspecified atom stereocenters. The highest BCUT2D eigenvalue weighted by Crippen LogP contribution is 2.38. The van der Waals surface area contributed by atoms with Crippen LogP contribution in [-0.4, -0.2) is 37.6 Å². The Morgan fingerprint density at radius 3 is 2.84 bits per heavy atom. The van der Waals surface area contributed by atoms with Gasteiger partial charge in [-0.2, -0.15) is 0 Å². The van der Waals surface area contributed by atoms with Crippen molar-refractivity contribution in [3.05, 3.63) is 22.2 Å². The van der Waals surface area contributed by atoms with E-state index in [1.54, 1.807) is 17.0 Å². The van der Waals surface area contributed by atoms with Crippen LogP contribution >= 0.6 is 15.9 Å². The van der Waals surface area contributed by atoms with Crippen molar-refractivity contribution in [3.63, 3.8) is 0 Å². The van der Waals surface area contributed by atoms with Crippen LogP contribution in [0, 0.1) is 0 Å². The van der Waals surface area contributed by atoms with Crippen molar-refractivity contribution in [2.75, 3.05) is 26.8 Å². The van der Waals surface area contributed by atoms with Crippen molar-refractivity contribution in [2.24, 2.45) is 0 Å². The van der Waals surface area contributed by atoms with Gasteiger partial charge in [-0.1, -0.05) is 13.3 Å². The Morgan fingerprint density at radius 1 is 1.37 bits per heavy atom. The lowest BCUT2D eigenvalue weighted by molar-refractivity contribution is 0.0792. The summed E-state index contributed by atoms with van der Waals surface area (Å²) < 4.78 is 11.8. The van der Waals surface area contributed by atoms with E-state index in [1.807, 2.05) is 7.05 Å². The van der Waals surface area contributed by atoms with Gasteiger partial charge in [0.2, 0.25) is 0 Å². The molecule has 0 bridgehead atoms. The molecule has 0 aliphatic carbocycles. The fourth-order valence-electron chi connectivity index (χ4n) is 1.95. The zero-order valence-electron chi connectivity index (χ0n) is 11.2. The summed E-state index contributed by atoms with van der Waals surface area (Å²) in [6, 6.07) is 3.54. The van der Waals surface area contributed by atoms with E-state index in [9.17, 15) is 4.79 Å². The first kappa shape index (κ1) is 14.2. The lowest BCUT2D eigenvalue weighted by atomic mass is 10.1. The predicted molar refractivity (Wildman–Crippen MR) is 77.0 cm³/mol. The predicted octanol–water partition coefficient (Wildman–Crippen LogP) is 3.09. The van der Waals surface area contributed by atoms with Gasteiger partial charge < -0.3 is 14.4 Å². The van der Waals surface area contributed by atoms with Crippen LogP contribution in [-0.2, 0) is 0 Å². The fourth-order valence-corrected chi connectivity index (χ4v) is 2.51. The Labute approximate surface area is 121 Å². The number of halogens is 1. The third kappa shape index (κ3) is 3.21. The Hall–Kier alpha value is -1.23. The summed E-state index contributed by atoms with van der Waals surface area (Å²) in [7, 11) is 1.82. The molecule has 1 aromatic rings. The number of amides is 1. The van der Waals surface area contributed by atoms with Gasteiger partial charge in [-0.3, -0.25) is 4.79 Å². The largest absolute Gasteiger partial charge is 0.486 e. The van der Waals surface area contributed by atoms with Crippen LogP contribution < -0.4 is 9.47 Å². The minimum atomic E-state index is 0.00567. The Morgan fingerprint density at radius 2 is 2.11 bits per heavy atom. The Bertz CT molecular complexity index is 476. The van der Waals surface area contributed by atoms with E-state index in [0.29, 0.717) is 30.3 Å². The fraction of sp³-hybridized carbons (Fsp3) is 0.500. The molecule has 2 rings (SSSR count). The van der Waals surface area contributed by atoms with E-state index in [-0.39, 0.29) is 5.91 Å². The molecule has 0 fully saturated rings. The number of ether oxygens (including phenoxy) is 2. The maximum absolute atomic E-state index is 12.3. The standard InChI is InChI=1S/C14H18BrNO3/c1-3-4-5-16(2)14(17)10-8-11(15)13-12(9-10)18-6-7-19-13/h8-9H,3-7H2,1-2H3. The van der Waals surface area contributed by atoms with Crippen LogP contribution in [0.3, 0.4) is 0 Å². The summed E-state index contributed by atoms with van der Waals surface area (Å²) in [5.41, 5.74) is 0.620. The highest BCUT2D eigenvalue weighted by atomic mass is 79.9. The highest BCUT2D eigenvalue weighted by molar-refractivity contribution is 9.10. The second-order valence-corrected chi connectivity index (χ2v) is 5.42. The lowest BCUT2D eigenvalue weighted by Gasteiger charge is -2.22. The number of hydrogen-bond donors (Lipinski definition) is 0. The van der Waals surface area contributed by atoms with Crippen LogP contribution in [0.5, 0.6) is 11.5 Å². The number of fused-ring (bicyclic) bond motifs is 1. The number of carbonyl (C=O) groups excluding carboxylic acids is 1. The quantitative estimate of drug-likeness (QED) is 0.853. The molecule has 1 aliphatic rings. The normalized spacial score (nSPS) is 13.2. The van der Waals surface area contributed by atoms with E-state index in [4.69, 9.17) is 9.47 Å². The summed E-state index contributed by atoms with van der Waals surface area (Å²) in [6.07, 6.45) is 2.08. The maximum Gasteiger partial charge on any atom is 0.253 e. The molecule has 1 amide bonds. The monoisotopic (exact) mass is 327 g/mol. The minimum Gasteiger partial charge on any atom is -0.486 e. The van der Waals surface area contributed by atoms with Gasteiger partial charge in [-0.15, -0.1) is 0 Å². The molecule has 1 heterocycles. The average molecular weight is 328 g/mol. The van der Waals surface area contributed by atoms with E-state index in [2.05, 4.69) is 22.9 Å². The van der Waals surface area contributed by atoms with Gasteiger partial charge in [0, 0.05) is 19.2 Å². The van der Waals surface area contributed by atoms with Gasteiger partial charge in [0.05, 0.1) is 4.47 Å². The van der Waals surface area contributed by atoms with Crippen LogP contribution in [0.1, 0.15) is 30.1 Å². The first-order chi connectivity index (χ1) is 9.13. The summed E-state index contributed by atoms with van der Waals surface area (Å²) >= 11 is 3.43. The van der Waals surface area contributed by atoms with Crippen molar-refractivity contribution in [3.8, 4) is 11.5 Å². The third-order valence-corrected chi connectivity index (χ3v) is 3.63. The number of unbranched alkanes of at least 4 members (excludes halogenated alkanes) is 1. The summed E-state index contributed by atoms with van der Waals surface area (Å²) in [5, 5.41) is 0. The summed E-state index contributed by atoms with van der Waals surface area (Å²) in [4.78, 5) is 14.0. The molecule has 4 nitrogen and oxygen atoms in total. The molecule has 19 heavy (non-hydrogen) atoms. The molecular weight excluding hydrogens is 310 g/mol. The second-order valence-electron chi connectivity index (χ2n) is 4.56. The molecule has 104 valence electrons. The first-order valence-corrected chi connectivity index (χ1v) is 7.27. The zero-order chi connectivity index (χ0) is 13.8. The van der Waals surface area contributed by atoms with Gasteiger partial charge >= 0.3 is 0 Å². The molecule has 0 atom stereocenters. The number of benzene rings is 1. The van der Waals surface area contributed by atoms with Gasteiger partial charge in [-0.25, -0.2) is 0 Å². The van der Waals surface area contributed by atoms with Gasteiger partial charge in [0.15, 0.2) is 11.5 Å². The minimum absolute atomic E-state index is 0.00567. The molecule has 1 aliphatic heterocycles. The number of carbonyl (C=O) groups is 1. The smallest absolute Gasteiger partial charge is 0.253 e. The third-order valence-electron chi connectivity index (χ3n) is 3.04. The molecule has 0 aromatic heterocycles. The van der Waals surface area contributed by atoms with Crippen molar-refractivity contribution in [1.29, 1.82) is 0 Å². The zero-order valence-corrected chi connectivity index (χ0v) is 12.8. The highest BCUT2D eigenvalue weighted by Gasteiger charge is 2.20. The Balaban J connectivity index is 2.20. The molecule has 0 saturated heterocycles. The SMILES string of the molecule is CCCCN(C)C(=O)c1cc(Br)c2c(c1)OCCO2. The van der Waals surface area contributed by atoms with E-state index in [0.717, 1.165) is 23.9 Å². The van der Waals surface area contributed by atoms with Crippen molar-refractivity contribution in [1.82, 2.24) is 4.90 Å². The molecule has 0 spiro atoms. The second kappa shape index (κ2) is 6.28. The molecule has 0 saturated carbocycles. The van der Waals surface area contributed by atoms with Crippen molar-refractivity contribution < 1.29 is 14.3 Å². The van der Waals surface area contributed by atoms with Crippen LogP contribution in [0.25, 0.3) is 0 Å². The van der Waals surface area contributed by atoms with Crippen LogP contribution in [0.4, 0.5) is 0 Å². The first-order valence-electron chi connectivity index (χ1n) is 6.48. The molecule has 0 N–H and O–H groups in total. The van der Waals surface area contributed by atoms with Crippen molar-refractivity contribution >= 4 is 21.8 Å².